The molecular formula is C2HO5. The van der Waals surface area contributed by atoms with Crippen molar-refractivity contribution in [3.63, 3.8) is 0 Å². The Morgan fingerprint density at radius 1 is 1.43 bits per heavy atom. The Balaban J connectivity index is 3.32. The zero-order valence-corrected chi connectivity index (χ0v) is 3.08. The van der Waals surface area contributed by atoms with Gasteiger partial charge in [-0.15, -0.1) is 0 Å². The van der Waals surface area contributed by atoms with Crippen LogP contribution in [0.15, 0.2) is 0 Å². The summed E-state index contributed by atoms with van der Waals surface area (Å²) in [5.41, 5.74) is 0. The van der Waals surface area contributed by atoms with Gasteiger partial charge in [-0.25, -0.2) is 4.79 Å². The molecule has 0 bridgehead atoms. The summed E-state index contributed by atoms with van der Waals surface area (Å²) >= 11 is 0. The Labute approximate surface area is 38.1 Å². The van der Waals surface area contributed by atoms with E-state index < -0.39 is 12.3 Å². The van der Waals surface area contributed by atoms with Crippen molar-refractivity contribution in [1.29, 1.82) is 0 Å². The van der Waals surface area contributed by atoms with Gasteiger partial charge in [0.15, 0.2) is 0 Å². The Hall–Kier alpha value is -1.26. The van der Waals surface area contributed by atoms with Crippen LogP contribution >= 0.6 is 0 Å². The molecule has 0 fully saturated rings. The van der Waals surface area contributed by atoms with E-state index in [9.17, 15) is 0 Å². The van der Waals surface area contributed by atoms with Crippen molar-refractivity contribution in [2.75, 3.05) is 0 Å². The van der Waals surface area contributed by atoms with Crippen molar-refractivity contribution >= 4 is 12.3 Å². The zero-order chi connectivity index (χ0) is 5.86. The fourth-order valence-electron chi connectivity index (χ4n) is 0.0713. The first-order valence-electron chi connectivity index (χ1n) is 1.24. The van der Waals surface area contributed by atoms with Crippen LogP contribution in [-0.2, 0) is 9.84 Å². The second kappa shape index (κ2) is 2.01. The third-order valence-electron chi connectivity index (χ3n) is 0.171. The van der Waals surface area contributed by atoms with Gasteiger partial charge in [0.05, 0.1) is 0 Å². The van der Waals surface area contributed by atoms with Crippen molar-refractivity contribution < 1.29 is 24.5 Å². The van der Waals surface area contributed by atoms with Gasteiger partial charge in [-0.3, -0.25) is 0 Å². The lowest BCUT2D eigenvalue weighted by Crippen LogP contribution is -2.04. The van der Waals surface area contributed by atoms with E-state index in [2.05, 4.69) is 4.74 Å². The molecular weight excluding hydrogens is 104 g/mol. The van der Waals surface area contributed by atoms with Crippen LogP contribution in [0, 0.1) is 0 Å². The highest BCUT2D eigenvalue weighted by molar-refractivity contribution is 5.73. The molecule has 0 saturated heterocycles. The van der Waals surface area contributed by atoms with Gasteiger partial charge in [0, 0.05) is 0 Å². The van der Waals surface area contributed by atoms with Crippen LogP contribution in [0.1, 0.15) is 0 Å². The second-order valence-corrected chi connectivity index (χ2v) is 0.618. The molecule has 0 aromatic heterocycles. The highest BCUT2D eigenvalue weighted by Crippen LogP contribution is 1.74. The SMILES string of the molecule is [O]C(=O)OC(=O)O. The highest BCUT2D eigenvalue weighted by Gasteiger charge is 2.04. The molecule has 0 spiro atoms. The number of carbonyl (C=O) groups is 2. The lowest BCUT2D eigenvalue weighted by molar-refractivity contribution is 0.0641. The van der Waals surface area contributed by atoms with E-state index in [4.69, 9.17) is 19.8 Å². The molecule has 1 radical (unpaired) electrons. The Bertz CT molecular complexity index is 82.3. The fourth-order valence-corrected chi connectivity index (χ4v) is 0.0713. The molecule has 0 aliphatic carbocycles. The molecule has 1 N–H and O–H groups in total. The summed E-state index contributed by atoms with van der Waals surface area (Å²) < 4.78 is 2.97. The van der Waals surface area contributed by atoms with Crippen LogP contribution in [0.2, 0.25) is 0 Å². The van der Waals surface area contributed by atoms with Gasteiger partial charge in [0.25, 0.3) is 0 Å². The fraction of sp³-hybridized carbons (Fsp3) is 0. The number of carbonyl (C=O) groups excluding carboxylic acids is 1. The monoisotopic (exact) mass is 105 g/mol. The van der Waals surface area contributed by atoms with Gasteiger partial charge < -0.3 is 9.84 Å². The summed E-state index contributed by atoms with van der Waals surface area (Å²) in [6, 6.07) is 0. The molecule has 5 heteroatoms. The van der Waals surface area contributed by atoms with Crippen molar-refractivity contribution in [1.82, 2.24) is 0 Å². The molecule has 0 rings (SSSR count). The van der Waals surface area contributed by atoms with Gasteiger partial charge in [0.1, 0.15) is 0 Å². The van der Waals surface area contributed by atoms with Crippen LogP contribution in [0.3, 0.4) is 0 Å². The summed E-state index contributed by atoms with van der Waals surface area (Å²) in [4.78, 5) is 18.3. The molecule has 0 aromatic carbocycles. The van der Waals surface area contributed by atoms with E-state index in [-0.39, 0.29) is 0 Å². The van der Waals surface area contributed by atoms with E-state index >= 15 is 0 Å². The van der Waals surface area contributed by atoms with Crippen LogP contribution in [0.4, 0.5) is 9.59 Å². The van der Waals surface area contributed by atoms with Crippen molar-refractivity contribution in [3.8, 4) is 0 Å². The lowest BCUT2D eigenvalue weighted by Gasteiger charge is -1.81. The third kappa shape index (κ3) is 4.74. The van der Waals surface area contributed by atoms with Gasteiger partial charge in [-0.05, 0) is 0 Å². The number of hydrogen-bond acceptors (Lipinski definition) is 3. The van der Waals surface area contributed by atoms with Crippen LogP contribution in [-0.4, -0.2) is 17.4 Å². The summed E-state index contributed by atoms with van der Waals surface area (Å²) in [5, 5.41) is 16.5. The van der Waals surface area contributed by atoms with E-state index in [1.807, 2.05) is 0 Å². The predicted octanol–water partition coefficient (Wildman–Crippen LogP) is 0.231. The van der Waals surface area contributed by atoms with Crippen LogP contribution < -0.4 is 0 Å². The number of hydrogen-bond donors (Lipinski definition) is 1. The second-order valence-electron chi connectivity index (χ2n) is 0.618. The van der Waals surface area contributed by atoms with E-state index in [1.165, 1.54) is 0 Å². The molecule has 0 atom stereocenters. The number of rotatable bonds is 0. The van der Waals surface area contributed by atoms with Crippen LogP contribution in [0.5, 0.6) is 0 Å². The molecule has 0 amide bonds. The molecule has 39 valence electrons. The topological polar surface area (TPSA) is 83.5 Å². The summed E-state index contributed by atoms with van der Waals surface area (Å²) in [6.07, 6.45) is -3.94. The largest absolute Gasteiger partial charge is 0.560 e. The van der Waals surface area contributed by atoms with Gasteiger partial charge in [-0.1, -0.05) is 0 Å². The van der Waals surface area contributed by atoms with E-state index in [0.717, 1.165) is 0 Å². The molecule has 0 aliphatic rings. The molecule has 0 unspecified atom stereocenters. The average molecular weight is 105 g/mol. The Kier molecular flexibility index (Phi) is 1.65. The summed E-state index contributed by atoms with van der Waals surface area (Å²) in [7, 11) is 0. The highest BCUT2D eigenvalue weighted by atomic mass is 16.7. The predicted molar refractivity (Wildman–Crippen MR) is 15.2 cm³/mol. The normalized spacial score (nSPS) is 7.43. The summed E-state index contributed by atoms with van der Waals surface area (Å²) in [5.74, 6) is 0. The summed E-state index contributed by atoms with van der Waals surface area (Å²) in [6.45, 7) is 0. The first-order valence-corrected chi connectivity index (χ1v) is 1.24. The standard InChI is InChI=1S/C2HO5/c3-1(4)7-2(5)6/h(H,3,4). The number of carboxylic acid groups (broad SMARTS) is 1. The quantitative estimate of drug-likeness (QED) is 0.353. The first kappa shape index (κ1) is 5.74. The Morgan fingerprint density at radius 2 is 1.86 bits per heavy atom. The van der Waals surface area contributed by atoms with Gasteiger partial charge in [-0.2, -0.15) is 9.90 Å². The molecule has 5 nitrogen and oxygen atoms in total. The first-order chi connectivity index (χ1) is 3.13. The van der Waals surface area contributed by atoms with Crippen molar-refractivity contribution in [3.05, 3.63) is 0 Å². The maximum atomic E-state index is 9.17. The van der Waals surface area contributed by atoms with E-state index in [0.29, 0.717) is 0 Å². The molecule has 0 aliphatic heterocycles. The van der Waals surface area contributed by atoms with Crippen LogP contribution in [0.25, 0.3) is 0 Å². The van der Waals surface area contributed by atoms with Crippen molar-refractivity contribution in [2.45, 2.75) is 0 Å². The minimum atomic E-state index is -2.06. The third-order valence-corrected chi connectivity index (χ3v) is 0.171. The minimum Gasteiger partial charge on any atom is -0.449 e. The minimum absolute atomic E-state index is 1.87. The number of ether oxygens (including phenoxy) is 1. The maximum absolute atomic E-state index is 9.17. The molecule has 0 heterocycles. The average Bonchev–Trinajstić information content (AvgIpc) is 1.27. The molecule has 0 saturated carbocycles. The zero-order valence-electron chi connectivity index (χ0n) is 3.08. The smallest absolute Gasteiger partial charge is 0.449 e. The molecule has 7 heavy (non-hydrogen) atoms. The van der Waals surface area contributed by atoms with Crippen molar-refractivity contribution in [2.24, 2.45) is 0 Å². The molecule has 0 aromatic rings. The van der Waals surface area contributed by atoms with Gasteiger partial charge in [0.2, 0.25) is 0 Å². The van der Waals surface area contributed by atoms with Gasteiger partial charge >= 0.3 is 12.3 Å². The lowest BCUT2D eigenvalue weighted by atomic mass is 11.3. The Morgan fingerprint density at radius 3 is 1.86 bits per heavy atom. The maximum Gasteiger partial charge on any atom is 0.560 e. The van der Waals surface area contributed by atoms with E-state index in [1.54, 1.807) is 0 Å².